The van der Waals surface area contributed by atoms with Gasteiger partial charge >= 0.3 is 0 Å². The summed E-state index contributed by atoms with van der Waals surface area (Å²) < 4.78 is 5.45. The number of nitrogens with zero attached hydrogens (tertiary/aromatic N) is 1. The predicted octanol–water partition coefficient (Wildman–Crippen LogP) is 4.74. The quantitative estimate of drug-likeness (QED) is 0.702. The van der Waals surface area contributed by atoms with Gasteiger partial charge in [-0.25, -0.2) is 4.90 Å². The van der Waals surface area contributed by atoms with Crippen molar-refractivity contribution >= 4 is 34.8 Å². The number of hydrogen-bond acceptors (Lipinski definition) is 4. The Morgan fingerprint density at radius 2 is 1.59 bits per heavy atom. The Balaban J connectivity index is 2.17. The zero-order valence-corrected chi connectivity index (χ0v) is 17.0. The second kappa shape index (κ2) is 7.61. The Hall–Kier alpha value is -2.53. The van der Waals surface area contributed by atoms with Crippen LogP contribution in [0.5, 0.6) is 5.75 Å². The first-order valence-electron chi connectivity index (χ1n) is 8.85. The maximum atomic E-state index is 13.4. The molecule has 27 heavy (non-hydrogen) atoms. The van der Waals surface area contributed by atoms with Crippen LogP contribution in [0.2, 0.25) is 0 Å². The molecule has 0 bridgehead atoms. The third-order valence-corrected chi connectivity index (χ3v) is 5.32. The second-order valence-electron chi connectivity index (χ2n) is 6.86. The van der Waals surface area contributed by atoms with Crippen molar-refractivity contribution in [1.82, 2.24) is 0 Å². The van der Waals surface area contributed by atoms with E-state index in [0.717, 1.165) is 11.1 Å². The van der Waals surface area contributed by atoms with E-state index in [1.807, 2.05) is 64.1 Å². The molecule has 140 valence electrons. The van der Waals surface area contributed by atoms with Crippen molar-refractivity contribution in [3.05, 3.63) is 64.1 Å². The van der Waals surface area contributed by atoms with E-state index in [4.69, 9.17) is 4.74 Å². The molecule has 0 atom stereocenters. The van der Waals surface area contributed by atoms with E-state index in [0.29, 0.717) is 27.5 Å². The summed E-state index contributed by atoms with van der Waals surface area (Å²) in [5.74, 6) is 0.0000324. The molecule has 4 nitrogen and oxygen atoms in total. The minimum atomic E-state index is -0.308. The second-order valence-corrected chi connectivity index (χ2v) is 8.45. The molecule has 0 fully saturated rings. The Labute approximate surface area is 164 Å². The van der Waals surface area contributed by atoms with Crippen LogP contribution in [0, 0.1) is 13.8 Å². The molecule has 2 aromatic carbocycles. The summed E-state index contributed by atoms with van der Waals surface area (Å²) in [4.78, 5) is 28.4. The van der Waals surface area contributed by atoms with Gasteiger partial charge in [0.1, 0.15) is 5.75 Å². The number of thioether (sulfide) groups is 1. The van der Waals surface area contributed by atoms with E-state index in [9.17, 15) is 9.59 Å². The van der Waals surface area contributed by atoms with Gasteiger partial charge in [0.2, 0.25) is 0 Å². The van der Waals surface area contributed by atoms with Crippen LogP contribution >= 0.6 is 11.8 Å². The van der Waals surface area contributed by atoms with Crippen molar-refractivity contribution in [3.8, 4) is 5.75 Å². The summed E-state index contributed by atoms with van der Waals surface area (Å²) in [5, 5.41) is 0.167. The van der Waals surface area contributed by atoms with Crippen LogP contribution in [-0.4, -0.2) is 24.2 Å². The van der Waals surface area contributed by atoms with Crippen molar-refractivity contribution < 1.29 is 14.3 Å². The predicted molar refractivity (Wildman–Crippen MR) is 111 cm³/mol. The number of carbonyl (C=O) groups excluding carboxylic acids is 2. The molecule has 0 aliphatic carbocycles. The Kier molecular flexibility index (Phi) is 5.42. The zero-order valence-electron chi connectivity index (χ0n) is 16.2. The van der Waals surface area contributed by atoms with Crippen molar-refractivity contribution in [3.63, 3.8) is 0 Å². The normalized spacial score (nSPS) is 14.5. The van der Waals surface area contributed by atoms with Gasteiger partial charge < -0.3 is 4.74 Å². The van der Waals surface area contributed by atoms with Crippen LogP contribution in [0.3, 0.4) is 0 Å². The summed E-state index contributed by atoms with van der Waals surface area (Å²) in [6, 6.07) is 13.1. The lowest BCUT2D eigenvalue weighted by Crippen LogP contribution is -2.31. The lowest BCUT2D eigenvalue weighted by molar-refractivity contribution is -0.119. The molecule has 0 radical (unpaired) electrons. The minimum Gasteiger partial charge on any atom is -0.496 e. The third-order valence-electron chi connectivity index (χ3n) is 4.24. The Morgan fingerprint density at radius 1 is 0.963 bits per heavy atom. The van der Waals surface area contributed by atoms with Gasteiger partial charge in [0.25, 0.3) is 11.8 Å². The van der Waals surface area contributed by atoms with E-state index >= 15 is 0 Å². The number of benzene rings is 2. The van der Waals surface area contributed by atoms with Crippen molar-refractivity contribution in [2.45, 2.75) is 32.9 Å². The number of amides is 2. The highest BCUT2D eigenvalue weighted by atomic mass is 32.2. The fourth-order valence-electron chi connectivity index (χ4n) is 3.26. The summed E-state index contributed by atoms with van der Waals surface area (Å²) in [5.41, 5.74) is 3.68. The van der Waals surface area contributed by atoms with Gasteiger partial charge in [-0.3, -0.25) is 9.59 Å². The van der Waals surface area contributed by atoms with Crippen molar-refractivity contribution in [1.29, 1.82) is 0 Å². The van der Waals surface area contributed by atoms with Gasteiger partial charge in [-0.1, -0.05) is 38.1 Å². The molecule has 0 saturated heterocycles. The van der Waals surface area contributed by atoms with Crippen LogP contribution in [0.25, 0.3) is 5.57 Å². The molecule has 3 rings (SSSR count). The molecule has 1 heterocycles. The smallest absolute Gasteiger partial charge is 0.272 e. The Bertz CT molecular complexity index is 926. The molecule has 1 aliphatic rings. The van der Waals surface area contributed by atoms with Crippen LogP contribution in [0.4, 0.5) is 5.69 Å². The molecule has 0 aromatic heterocycles. The summed E-state index contributed by atoms with van der Waals surface area (Å²) in [7, 11) is 1.57. The number of ether oxygens (including phenoxy) is 1. The van der Waals surface area contributed by atoms with Crippen LogP contribution < -0.4 is 9.64 Å². The van der Waals surface area contributed by atoms with Crippen molar-refractivity contribution in [2.24, 2.45) is 0 Å². The third kappa shape index (κ3) is 3.65. The van der Waals surface area contributed by atoms with Crippen molar-refractivity contribution in [2.75, 3.05) is 12.0 Å². The number of methoxy groups -OCH3 is 1. The molecule has 0 spiro atoms. The first kappa shape index (κ1) is 19.2. The summed E-state index contributed by atoms with van der Waals surface area (Å²) in [6.07, 6.45) is 0. The minimum absolute atomic E-state index is 0.167. The van der Waals surface area contributed by atoms with E-state index in [2.05, 4.69) is 0 Å². The first-order valence-corrected chi connectivity index (χ1v) is 9.73. The van der Waals surface area contributed by atoms with Gasteiger partial charge in [0.05, 0.1) is 23.3 Å². The molecule has 2 amide bonds. The van der Waals surface area contributed by atoms with E-state index < -0.39 is 0 Å². The molecule has 2 aromatic rings. The highest BCUT2D eigenvalue weighted by Crippen LogP contribution is 2.42. The zero-order chi connectivity index (χ0) is 19.7. The lowest BCUT2D eigenvalue weighted by atomic mass is 10.0. The topological polar surface area (TPSA) is 46.6 Å². The molecule has 0 N–H and O–H groups in total. The average Bonchev–Trinajstić information content (AvgIpc) is 2.83. The number of hydrogen-bond donors (Lipinski definition) is 0. The van der Waals surface area contributed by atoms with Gasteiger partial charge in [-0.15, -0.1) is 11.8 Å². The van der Waals surface area contributed by atoms with Gasteiger partial charge in [0.15, 0.2) is 0 Å². The standard InChI is InChI=1S/C22H23NO3S/c1-13(2)27-20-19(17-8-6-7-9-18(17)26-5)21(24)23(22(20)25)16-11-14(3)10-15(4)12-16/h6-13H,1-5H3. The number of aryl methyl sites for hydroxylation is 2. The summed E-state index contributed by atoms with van der Waals surface area (Å²) in [6.45, 7) is 7.93. The molecular formula is C22H23NO3S. The van der Waals surface area contributed by atoms with Crippen LogP contribution in [-0.2, 0) is 9.59 Å². The van der Waals surface area contributed by atoms with Gasteiger partial charge in [0, 0.05) is 10.8 Å². The molecule has 0 saturated carbocycles. The number of imide groups is 1. The SMILES string of the molecule is COc1ccccc1C1=C(SC(C)C)C(=O)N(c2cc(C)cc(C)c2)C1=O. The maximum absolute atomic E-state index is 13.4. The molecule has 0 unspecified atom stereocenters. The van der Waals surface area contributed by atoms with E-state index in [1.165, 1.54) is 16.7 Å². The highest BCUT2D eigenvalue weighted by Gasteiger charge is 2.41. The Morgan fingerprint density at radius 3 is 2.19 bits per heavy atom. The fraction of sp³-hybridized carbons (Fsp3) is 0.273. The highest BCUT2D eigenvalue weighted by molar-refractivity contribution is 8.04. The monoisotopic (exact) mass is 381 g/mol. The van der Waals surface area contributed by atoms with Gasteiger partial charge in [-0.2, -0.15) is 0 Å². The molecular weight excluding hydrogens is 358 g/mol. The lowest BCUT2D eigenvalue weighted by Gasteiger charge is -2.17. The molecule has 1 aliphatic heterocycles. The largest absolute Gasteiger partial charge is 0.496 e. The number of carbonyl (C=O) groups is 2. The number of anilines is 1. The first-order chi connectivity index (χ1) is 12.8. The average molecular weight is 381 g/mol. The molecule has 5 heteroatoms. The maximum Gasteiger partial charge on any atom is 0.272 e. The fourth-order valence-corrected chi connectivity index (χ4v) is 4.24. The number of para-hydroxylation sites is 1. The number of rotatable bonds is 5. The van der Waals surface area contributed by atoms with E-state index in [1.54, 1.807) is 13.2 Å². The summed E-state index contributed by atoms with van der Waals surface area (Å²) >= 11 is 1.41. The van der Waals surface area contributed by atoms with Crippen LogP contribution in [0.1, 0.15) is 30.5 Å². The van der Waals surface area contributed by atoms with Crippen LogP contribution in [0.15, 0.2) is 47.4 Å². The van der Waals surface area contributed by atoms with E-state index in [-0.39, 0.29) is 17.1 Å². The van der Waals surface area contributed by atoms with Gasteiger partial charge in [-0.05, 0) is 43.2 Å².